The normalized spacial score (nSPS) is 20.8. The first-order valence-corrected chi connectivity index (χ1v) is 25.7. The summed E-state index contributed by atoms with van der Waals surface area (Å²) < 4.78 is 0. The van der Waals surface area contributed by atoms with E-state index in [9.17, 15) is 53.2 Å². The van der Waals surface area contributed by atoms with E-state index in [-0.39, 0.29) is 95.8 Å². The van der Waals surface area contributed by atoms with Crippen molar-refractivity contribution in [1.82, 2.24) is 36.9 Å². The highest BCUT2D eigenvalue weighted by Gasteiger charge is 2.35. The number of nitrogens with two attached hydrogens (primary N) is 6. The zero-order chi connectivity index (χ0) is 57.3. The van der Waals surface area contributed by atoms with Crippen LogP contribution in [0.3, 0.4) is 0 Å². The lowest BCUT2D eigenvalue weighted by molar-refractivity contribution is -0.136. The molecule has 19 N–H and O–H groups in total. The van der Waals surface area contributed by atoms with Crippen molar-refractivity contribution in [2.24, 2.45) is 56.2 Å². The highest BCUT2D eigenvalue weighted by atomic mass is 16.2. The summed E-state index contributed by atoms with van der Waals surface area (Å²) in [5.41, 5.74) is 35.6. The number of nitrogens with zero attached hydrogens (tertiary/aromatic N) is 3. The van der Waals surface area contributed by atoms with Crippen LogP contribution in [-0.4, -0.2) is 126 Å². The van der Waals surface area contributed by atoms with Crippen molar-refractivity contribution in [3.05, 3.63) is 71.4 Å². The lowest BCUT2D eigenvalue weighted by Crippen LogP contribution is -2.58. The summed E-state index contributed by atoms with van der Waals surface area (Å²) in [5.74, 6) is -10.2. The molecule has 420 valence electrons. The van der Waals surface area contributed by atoms with Crippen LogP contribution in [0.2, 0.25) is 0 Å². The second kappa shape index (κ2) is 31.2. The third-order valence-electron chi connectivity index (χ3n) is 13.0. The highest BCUT2D eigenvalue weighted by Crippen LogP contribution is 2.26. The van der Waals surface area contributed by atoms with Gasteiger partial charge in [0.05, 0.1) is 17.7 Å². The van der Waals surface area contributed by atoms with E-state index in [1.165, 1.54) is 19.1 Å². The molecule has 0 aliphatic carbocycles. The molecule has 0 radical (unpaired) electrons. The summed E-state index contributed by atoms with van der Waals surface area (Å²) in [4.78, 5) is 148. The van der Waals surface area contributed by atoms with Gasteiger partial charge in [0.1, 0.15) is 30.0 Å². The third-order valence-corrected chi connectivity index (χ3v) is 13.0. The highest BCUT2D eigenvalue weighted by molar-refractivity contribution is 5.98. The van der Waals surface area contributed by atoms with E-state index in [1.54, 1.807) is 18.3 Å². The van der Waals surface area contributed by atoms with Crippen LogP contribution in [0.15, 0.2) is 64.7 Å². The Morgan fingerprint density at radius 2 is 1.42 bits per heavy atom. The number of nitrogens with one attached hydrogen (secondary N) is 7. The molecule has 2 aromatic carbocycles. The number of aromatic nitrogens is 1. The number of benzene rings is 2. The molecule has 1 saturated heterocycles. The fourth-order valence-electron chi connectivity index (χ4n) is 8.87. The Balaban J connectivity index is 1.81. The Morgan fingerprint density at radius 1 is 0.756 bits per heavy atom. The van der Waals surface area contributed by atoms with Crippen LogP contribution in [0.25, 0.3) is 10.9 Å². The number of guanidine groups is 2. The van der Waals surface area contributed by atoms with Crippen LogP contribution in [0.4, 0.5) is 0 Å². The lowest BCUT2D eigenvalue weighted by atomic mass is 9.83. The standard InChI is InChI=1S/C52H72N16O10/c1-29(69)64-38(11-6-22-62-52(58)59)48(76)67-40-17-19-45(73)60-20-5-10-37(46(55)74)65-47(75)33(24-34-28-63-36-9-3-2-8-35(34)36)26-42(70)32(7-4-21-61-51(56)57)25-43(71)41(23-30-12-14-31(27-53)15-13-30)68-50(78)39(66-49(40)77)16-18-44(54)72/h2-3,8-9,12-15,28,32-33,37-41,63H,4-7,10-11,16-26H2,1H3,(H2,54,72)(H2,55,74)(H,60,73)(H,64,69)(H,65,75)(H,66,77)(H,67,76)(H,68,78)(H4,56,57,61)(H4,58,59,62)/t32-,33-,37+,38+,39+,40+,41-/m1/s1. The zero-order valence-corrected chi connectivity index (χ0v) is 43.6. The van der Waals surface area contributed by atoms with E-state index in [0.29, 0.717) is 16.7 Å². The van der Waals surface area contributed by atoms with Crippen molar-refractivity contribution < 1.29 is 47.9 Å². The minimum atomic E-state index is -1.60. The maximum atomic E-state index is 14.8. The molecule has 7 atom stereocenters. The number of fused-ring (bicyclic) bond motifs is 1. The van der Waals surface area contributed by atoms with Gasteiger partial charge in [0, 0.05) is 81.2 Å². The molecule has 0 bridgehead atoms. The second-order valence-corrected chi connectivity index (χ2v) is 19.1. The largest absolute Gasteiger partial charge is 0.370 e. The van der Waals surface area contributed by atoms with Crippen molar-refractivity contribution in [2.45, 2.75) is 127 Å². The Labute approximate surface area is 450 Å². The summed E-state index contributed by atoms with van der Waals surface area (Å²) in [6.07, 6.45) is -0.418. The molecular formula is C52H72N16O10. The van der Waals surface area contributed by atoms with Gasteiger partial charge in [0.25, 0.3) is 0 Å². The smallest absolute Gasteiger partial charge is 0.243 e. The van der Waals surface area contributed by atoms with Gasteiger partial charge >= 0.3 is 0 Å². The molecular weight excluding hydrogens is 1010 g/mol. The fourth-order valence-corrected chi connectivity index (χ4v) is 8.87. The molecule has 26 nitrogen and oxygen atoms in total. The molecule has 0 unspecified atom stereocenters. The minimum absolute atomic E-state index is 0.00946. The topological polar surface area (TPSA) is 463 Å². The molecule has 78 heavy (non-hydrogen) atoms. The summed E-state index contributed by atoms with van der Waals surface area (Å²) in [6, 6.07) is 8.43. The Bertz CT molecular complexity index is 2730. The van der Waals surface area contributed by atoms with Gasteiger partial charge in [0.2, 0.25) is 47.3 Å². The van der Waals surface area contributed by atoms with E-state index in [4.69, 9.17) is 34.4 Å². The van der Waals surface area contributed by atoms with Crippen LogP contribution in [0, 0.1) is 23.2 Å². The number of aliphatic imine (C=N–C) groups is 2. The van der Waals surface area contributed by atoms with Gasteiger partial charge in [-0.15, -0.1) is 0 Å². The summed E-state index contributed by atoms with van der Waals surface area (Å²) in [7, 11) is 0. The van der Waals surface area contributed by atoms with Crippen molar-refractivity contribution in [3.8, 4) is 6.07 Å². The average molecular weight is 1080 g/mol. The SMILES string of the molecule is CC(=O)N[C@@H](CCCN=C(N)N)C(=O)N[C@H]1CCC(=O)NCCC[C@@H](C(N)=O)NC(=O)[C@H](Cc2c[nH]c3ccccc23)CC(=O)[C@H](CCCN=C(N)N)CC(=O)[C@@H](Cc2ccc(C#N)cc2)NC(=O)[C@H](CCC(N)=O)NC1=O. The maximum absolute atomic E-state index is 14.8. The average Bonchev–Trinajstić information content (AvgIpc) is 3.81. The number of carbonyl (C=O) groups is 10. The van der Waals surface area contributed by atoms with E-state index < -0.39 is 127 Å². The molecule has 26 heteroatoms. The molecule has 0 spiro atoms. The summed E-state index contributed by atoms with van der Waals surface area (Å²) >= 11 is 0. The van der Waals surface area contributed by atoms with Crippen LogP contribution >= 0.6 is 0 Å². The first kappa shape index (κ1) is 61.7. The summed E-state index contributed by atoms with van der Waals surface area (Å²) in [5, 5.41) is 26.0. The van der Waals surface area contributed by atoms with Gasteiger partial charge in [0.15, 0.2) is 17.7 Å². The number of aromatic amines is 1. The number of nitriles is 1. The predicted octanol–water partition coefficient (Wildman–Crippen LogP) is -2.03. The number of carbonyl (C=O) groups excluding carboxylic acids is 10. The number of rotatable bonds is 19. The number of amides is 8. The number of ketones is 2. The number of hydrogen-bond donors (Lipinski definition) is 13. The van der Waals surface area contributed by atoms with Crippen molar-refractivity contribution in [1.29, 1.82) is 5.26 Å². The first-order chi connectivity index (χ1) is 37.1. The molecule has 1 fully saturated rings. The molecule has 3 aromatic rings. The van der Waals surface area contributed by atoms with Crippen molar-refractivity contribution in [2.75, 3.05) is 19.6 Å². The number of para-hydroxylation sites is 1. The zero-order valence-electron chi connectivity index (χ0n) is 43.6. The molecule has 4 rings (SSSR count). The molecule has 0 saturated carbocycles. The van der Waals surface area contributed by atoms with Gasteiger partial charge in [-0.05, 0) is 93.5 Å². The quantitative estimate of drug-likeness (QED) is 0.0350. The lowest BCUT2D eigenvalue weighted by Gasteiger charge is -2.27. The van der Waals surface area contributed by atoms with Crippen molar-refractivity contribution in [3.63, 3.8) is 0 Å². The van der Waals surface area contributed by atoms with E-state index >= 15 is 0 Å². The maximum Gasteiger partial charge on any atom is 0.243 e. The van der Waals surface area contributed by atoms with E-state index in [0.717, 1.165) is 10.9 Å². The van der Waals surface area contributed by atoms with Gasteiger partial charge in [-0.2, -0.15) is 5.26 Å². The van der Waals surface area contributed by atoms with Crippen LogP contribution < -0.4 is 66.3 Å². The molecule has 2 heterocycles. The van der Waals surface area contributed by atoms with Crippen LogP contribution in [-0.2, 0) is 60.8 Å². The Kier molecular flexibility index (Phi) is 24.7. The van der Waals surface area contributed by atoms with Gasteiger partial charge in [-0.3, -0.25) is 57.9 Å². The summed E-state index contributed by atoms with van der Waals surface area (Å²) in [6.45, 7) is 1.31. The van der Waals surface area contributed by atoms with Crippen molar-refractivity contribution >= 4 is 81.6 Å². The van der Waals surface area contributed by atoms with Gasteiger partial charge in [-0.25, -0.2) is 0 Å². The second-order valence-electron chi connectivity index (χ2n) is 19.1. The molecule has 1 aromatic heterocycles. The fraction of sp³-hybridized carbons (Fsp3) is 0.481. The monoisotopic (exact) mass is 1080 g/mol. The Morgan fingerprint density at radius 3 is 2.08 bits per heavy atom. The molecule has 1 aliphatic rings. The number of H-pyrrole nitrogens is 1. The van der Waals surface area contributed by atoms with Crippen LogP contribution in [0.1, 0.15) is 101 Å². The minimum Gasteiger partial charge on any atom is -0.370 e. The van der Waals surface area contributed by atoms with E-state index in [1.807, 2.05) is 30.3 Å². The van der Waals surface area contributed by atoms with Crippen LogP contribution in [0.5, 0.6) is 0 Å². The number of Topliss-reactive ketones (excluding diaryl/α,β-unsaturated/α-hetero) is 2. The van der Waals surface area contributed by atoms with Gasteiger partial charge in [-0.1, -0.05) is 30.3 Å². The molecule has 1 aliphatic heterocycles. The van der Waals surface area contributed by atoms with E-state index in [2.05, 4.69) is 46.9 Å². The number of hydrogen-bond acceptors (Lipinski definition) is 13. The van der Waals surface area contributed by atoms with Gasteiger partial charge < -0.3 is 71.3 Å². The molecule has 8 amide bonds. The third kappa shape index (κ3) is 21.0. The first-order valence-electron chi connectivity index (χ1n) is 25.7. The Hall–Kier alpha value is -8.89. The number of primary amides is 2. The predicted molar refractivity (Wildman–Crippen MR) is 287 cm³/mol.